The highest BCUT2D eigenvalue weighted by Crippen LogP contribution is 2.33. The lowest BCUT2D eigenvalue weighted by atomic mass is 10.2. The van der Waals surface area contributed by atoms with Crippen LogP contribution >= 0.6 is 0 Å². The highest BCUT2D eigenvalue weighted by Gasteiger charge is 2.24. The monoisotopic (exact) mass is 449 g/mol. The molecule has 0 fully saturated rings. The van der Waals surface area contributed by atoms with Crippen LogP contribution in [0.4, 0.5) is 16.0 Å². The fourth-order valence-corrected chi connectivity index (χ4v) is 3.54. The Morgan fingerprint density at radius 1 is 1.09 bits per heavy atom. The first kappa shape index (κ1) is 22.2. The molecular weight excluding hydrogens is 425 g/mol. The zero-order valence-corrected chi connectivity index (χ0v) is 18.2. The molecular formula is C24H24FN5O3. The van der Waals surface area contributed by atoms with E-state index in [2.05, 4.69) is 26.7 Å². The minimum absolute atomic E-state index is 0.111. The van der Waals surface area contributed by atoms with Gasteiger partial charge in [0.05, 0.1) is 0 Å². The predicted octanol–water partition coefficient (Wildman–Crippen LogP) is 2.75. The first-order chi connectivity index (χ1) is 16.0. The van der Waals surface area contributed by atoms with Crippen molar-refractivity contribution in [2.75, 3.05) is 24.5 Å². The van der Waals surface area contributed by atoms with Crippen molar-refractivity contribution in [3.8, 4) is 5.88 Å². The van der Waals surface area contributed by atoms with Gasteiger partial charge in [0.25, 0.3) is 5.91 Å². The van der Waals surface area contributed by atoms with Gasteiger partial charge in [0.2, 0.25) is 17.7 Å². The zero-order valence-electron chi connectivity index (χ0n) is 18.2. The molecule has 2 heterocycles. The minimum Gasteiger partial charge on any atom is -0.472 e. The van der Waals surface area contributed by atoms with Crippen LogP contribution in [0.1, 0.15) is 28.4 Å². The van der Waals surface area contributed by atoms with Crippen molar-refractivity contribution in [1.29, 1.82) is 0 Å². The molecule has 2 amide bonds. The van der Waals surface area contributed by atoms with Crippen LogP contribution in [0, 0.1) is 5.82 Å². The summed E-state index contributed by atoms with van der Waals surface area (Å²) in [5.41, 5.74) is 3.14. The van der Waals surface area contributed by atoms with Crippen LogP contribution < -0.4 is 20.3 Å². The van der Waals surface area contributed by atoms with Crippen molar-refractivity contribution in [3.05, 3.63) is 77.2 Å². The second-order valence-corrected chi connectivity index (χ2v) is 7.57. The predicted molar refractivity (Wildman–Crippen MR) is 121 cm³/mol. The molecule has 1 aromatic heterocycles. The van der Waals surface area contributed by atoms with Gasteiger partial charge in [-0.05, 0) is 35.7 Å². The largest absolute Gasteiger partial charge is 0.472 e. The van der Waals surface area contributed by atoms with E-state index >= 15 is 0 Å². The number of hydrogen-bond acceptors (Lipinski definition) is 6. The summed E-state index contributed by atoms with van der Waals surface area (Å²) in [5, 5.41) is 5.35. The Labute approximate surface area is 190 Å². The lowest BCUT2D eigenvalue weighted by Crippen LogP contribution is -2.34. The molecule has 9 heteroatoms. The number of hydrogen-bond donors (Lipinski definition) is 2. The maximum Gasteiger partial charge on any atom is 0.258 e. The van der Waals surface area contributed by atoms with Crippen molar-refractivity contribution in [3.63, 3.8) is 0 Å². The number of rotatable bonds is 8. The molecule has 0 radical (unpaired) electrons. The topological polar surface area (TPSA) is 96.5 Å². The highest BCUT2D eigenvalue weighted by molar-refractivity contribution is 5.96. The summed E-state index contributed by atoms with van der Waals surface area (Å²) in [6, 6.07) is 13.9. The molecule has 170 valence electrons. The van der Waals surface area contributed by atoms with Gasteiger partial charge in [-0.2, -0.15) is 4.98 Å². The highest BCUT2D eigenvalue weighted by atomic mass is 19.1. The van der Waals surface area contributed by atoms with Crippen molar-refractivity contribution < 1.29 is 18.7 Å². The number of halogens is 1. The normalized spacial score (nSPS) is 12.2. The number of fused-ring (bicyclic) bond motifs is 1. The fourth-order valence-electron chi connectivity index (χ4n) is 3.54. The summed E-state index contributed by atoms with van der Waals surface area (Å²) in [7, 11) is 0. The van der Waals surface area contributed by atoms with E-state index in [1.807, 2.05) is 23.1 Å². The smallest absolute Gasteiger partial charge is 0.258 e. The first-order valence-corrected chi connectivity index (χ1v) is 10.6. The summed E-state index contributed by atoms with van der Waals surface area (Å²) in [6.07, 6.45) is 2.31. The number of ether oxygens (including phenoxy) is 1. The van der Waals surface area contributed by atoms with E-state index in [0.717, 1.165) is 24.2 Å². The molecule has 4 rings (SSSR count). The Morgan fingerprint density at radius 2 is 1.85 bits per heavy atom. The van der Waals surface area contributed by atoms with Gasteiger partial charge in [0.1, 0.15) is 18.0 Å². The molecule has 0 bridgehead atoms. The molecule has 0 spiro atoms. The molecule has 1 aliphatic heterocycles. The van der Waals surface area contributed by atoms with E-state index in [0.29, 0.717) is 12.5 Å². The lowest BCUT2D eigenvalue weighted by molar-refractivity contribution is -0.118. The van der Waals surface area contributed by atoms with E-state index in [4.69, 9.17) is 4.74 Å². The van der Waals surface area contributed by atoms with Gasteiger partial charge in [-0.25, -0.2) is 9.37 Å². The molecule has 0 saturated carbocycles. The average Bonchev–Trinajstić information content (AvgIpc) is 3.25. The standard InChI is InChI=1S/C24H24FN5O3/c1-16(31)26-11-12-27-22(32)20-14-28-24(30-13-10-18-4-2-3-5-21(18)30)29-23(20)33-15-17-6-8-19(25)9-7-17/h2-9,14H,10-13,15H2,1H3,(H,26,31)(H,27,32). The van der Waals surface area contributed by atoms with Crippen LogP contribution in [0.2, 0.25) is 0 Å². The van der Waals surface area contributed by atoms with Crippen LogP contribution in [-0.4, -0.2) is 41.4 Å². The van der Waals surface area contributed by atoms with Gasteiger partial charge in [-0.15, -0.1) is 0 Å². The Morgan fingerprint density at radius 3 is 2.64 bits per heavy atom. The van der Waals surface area contributed by atoms with Gasteiger partial charge < -0.3 is 20.3 Å². The van der Waals surface area contributed by atoms with E-state index in [1.165, 1.54) is 30.8 Å². The molecule has 2 N–H and O–H groups in total. The van der Waals surface area contributed by atoms with Crippen molar-refractivity contribution in [2.24, 2.45) is 0 Å². The lowest BCUT2D eigenvalue weighted by Gasteiger charge is -2.19. The molecule has 0 unspecified atom stereocenters. The van der Waals surface area contributed by atoms with Crippen LogP contribution in [0.5, 0.6) is 5.88 Å². The molecule has 3 aromatic rings. The van der Waals surface area contributed by atoms with Crippen LogP contribution in [0.3, 0.4) is 0 Å². The molecule has 1 aliphatic rings. The summed E-state index contributed by atoms with van der Waals surface area (Å²) >= 11 is 0. The summed E-state index contributed by atoms with van der Waals surface area (Å²) in [4.78, 5) is 34.7. The van der Waals surface area contributed by atoms with Crippen molar-refractivity contribution in [2.45, 2.75) is 20.0 Å². The Hall–Kier alpha value is -4.01. The summed E-state index contributed by atoms with van der Waals surface area (Å²) in [6.45, 7) is 2.79. The van der Waals surface area contributed by atoms with Gasteiger partial charge in [0, 0.05) is 38.4 Å². The second kappa shape index (κ2) is 10.1. The molecule has 0 saturated heterocycles. The zero-order chi connectivity index (χ0) is 23.2. The van der Waals surface area contributed by atoms with Crippen molar-refractivity contribution >= 4 is 23.5 Å². The number of nitrogens with zero attached hydrogens (tertiary/aromatic N) is 3. The van der Waals surface area contributed by atoms with Crippen molar-refractivity contribution in [1.82, 2.24) is 20.6 Å². The Bertz CT molecular complexity index is 1150. The quantitative estimate of drug-likeness (QED) is 0.514. The number of nitrogens with one attached hydrogen (secondary N) is 2. The van der Waals surface area contributed by atoms with E-state index in [1.54, 1.807) is 12.1 Å². The third kappa shape index (κ3) is 5.43. The summed E-state index contributed by atoms with van der Waals surface area (Å²) < 4.78 is 19.1. The Kier molecular flexibility index (Phi) is 6.77. The number of aromatic nitrogens is 2. The van der Waals surface area contributed by atoms with Gasteiger partial charge in [-0.1, -0.05) is 30.3 Å². The van der Waals surface area contributed by atoms with Gasteiger partial charge in [0.15, 0.2) is 0 Å². The number of anilines is 2. The maximum atomic E-state index is 13.2. The summed E-state index contributed by atoms with van der Waals surface area (Å²) in [5.74, 6) is -0.362. The van der Waals surface area contributed by atoms with Gasteiger partial charge >= 0.3 is 0 Å². The second-order valence-electron chi connectivity index (χ2n) is 7.57. The van der Waals surface area contributed by atoms with E-state index < -0.39 is 5.91 Å². The number of carbonyl (C=O) groups is 2. The third-order valence-electron chi connectivity index (χ3n) is 5.19. The molecule has 33 heavy (non-hydrogen) atoms. The van der Waals surface area contributed by atoms with Crippen LogP contribution in [0.15, 0.2) is 54.7 Å². The number of para-hydroxylation sites is 1. The molecule has 0 aliphatic carbocycles. The molecule has 2 aromatic carbocycles. The van der Waals surface area contributed by atoms with Gasteiger partial charge in [-0.3, -0.25) is 9.59 Å². The third-order valence-corrected chi connectivity index (χ3v) is 5.19. The fraction of sp³-hybridized carbons (Fsp3) is 0.250. The number of carbonyl (C=O) groups excluding carboxylic acids is 2. The average molecular weight is 449 g/mol. The maximum absolute atomic E-state index is 13.2. The van der Waals surface area contributed by atoms with E-state index in [9.17, 15) is 14.0 Å². The molecule has 8 nitrogen and oxygen atoms in total. The molecule has 0 atom stereocenters. The first-order valence-electron chi connectivity index (χ1n) is 10.6. The minimum atomic E-state index is -0.414. The number of benzene rings is 2. The Balaban J connectivity index is 1.56. The SMILES string of the molecule is CC(=O)NCCNC(=O)c1cnc(N2CCc3ccccc32)nc1OCc1ccc(F)cc1. The van der Waals surface area contributed by atoms with Crippen LogP contribution in [-0.2, 0) is 17.8 Å². The van der Waals surface area contributed by atoms with E-state index in [-0.39, 0.29) is 36.3 Å². The number of amides is 2. The van der Waals surface area contributed by atoms with Crippen LogP contribution in [0.25, 0.3) is 0 Å².